The summed E-state index contributed by atoms with van der Waals surface area (Å²) in [4.78, 5) is 0. The molecule has 1 atom stereocenters. The second-order valence-corrected chi connectivity index (χ2v) is 6.54. The molecule has 0 aliphatic carbocycles. The highest BCUT2D eigenvalue weighted by molar-refractivity contribution is 7.89. The SMILES string of the molecule is NCc1ccc(CNS(=O)(=O)C[C@H]2COCCO2)cc1. The third kappa shape index (κ3) is 4.84. The zero-order valence-electron chi connectivity index (χ0n) is 11.2. The van der Waals surface area contributed by atoms with Gasteiger partial charge in [0.1, 0.15) is 0 Å². The Labute approximate surface area is 119 Å². The van der Waals surface area contributed by atoms with Crippen LogP contribution in [0.1, 0.15) is 11.1 Å². The number of hydrogen-bond donors (Lipinski definition) is 2. The quantitative estimate of drug-likeness (QED) is 0.770. The molecule has 0 bridgehead atoms. The summed E-state index contributed by atoms with van der Waals surface area (Å²) in [6.07, 6.45) is -0.388. The third-order valence-corrected chi connectivity index (χ3v) is 4.44. The Bertz CT molecular complexity index is 510. The van der Waals surface area contributed by atoms with Gasteiger partial charge in [-0.3, -0.25) is 0 Å². The van der Waals surface area contributed by atoms with Crippen LogP contribution in [0, 0.1) is 0 Å². The summed E-state index contributed by atoms with van der Waals surface area (Å²) in [6, 6.07) is 7.51. The molecule has 7 heteroatoms. The molecule has 1 saturated heterocycles. The lowest BCUT2D eigenvalue weighted by Gasteiger charge is -2.22. The molecule has 0 saturated carbocycles. The Morgan fingerprint density at radius 3 is 2.50 bits per heavy atom. The van der Waals surface area contributed by atoms with Crippen molar-refractivity contribution in [3.8, 4) is 0 Å². The summed E-state index contributed by atoms with van der Waals surface area (Å²) < 4.78 is 36.9. The maximum absolute atomic E-state index is 11.9. The first-order valence-electron chi connectivity index (χ1n) is 6.53. The molecule has 0 amide bonds. The van der Waals surface area contributed by atoms with E-state index in [2.05, 4.69) is 4.72 Å². The first-order valence-corrected chi connectivity index (χ1v) is 8.19. The molecule has 0 radical (unpaired) electrons. The lowest BCUT2D eigenvalue weighted by atomic mass is 10.1. The normalized spacial score (nSPS) is 19.9. The van der Waals surface area contributed by atoms with E-state index in [1.165, 1.54) is 0 Å². The molecule has 1 aromatic rings. The van der Waals surface area contributed by atoms with E-state index >= 15 is 0 Å². The zero-order chi connectivity index (χ0) is 14.4. The van der Waals surface area contributed by atoms with Crippen molar-refractivity contribution in [2.75, 3.05) is 25.6 Å². The van der Waals surface area contributed by atoms with Crippen LogP contribution in [-0.4, -0.2) is 40.1 Å². The minimum absolute atomic E-state index is 0.0755. The number of nitrogens with two attached hydrogens (primary N) is 1. The van der Waals surface area contributed by atoms with Gasteiger partial charge in [-0.15, -0.1) is 0 Å². The molecule has 0 unspecified atom stereocenters. The molecule has 6 nitrogen and oxygen atoms in total. The first-order chi connectivity index (χ1) is 9.59. The Morgan fingerprint density at radius 2 is 1.90 bits per heavy atom. The Kier molecular flexibility index (Phi) is 5.50. The van der Waals surface area contributed by atoms with Crippen molar-refractivity contribution in [1.29, 1.82) is 0 Å². The summed E-state index contributed by atoms with van der Waals surface area (Å²) in [7, 11) is -3.37. The minimum Gasteiger partial charge on any atom is -0.376 e. The van der Waals surface area contributed by atoms with Gasteiger partial charge in [0, 0.05) is 13.1 Å². The summed E-state index contributed by atoms with van der Waals surface area (Å²) in [6.45, 7) is 2.04. The van der Waals surface area contributed by atoms with Gasteiger partial charge in [0.15, 0.2) is 0 Å². The fraction of sp³-hybridized carbons (Fsp3) is 0.538. The summed E-state index contributed by atoms with van der Waals surface area (Å²) in [5.41, 5.74) is 7.42. The van der Waals surface area contributed by atoms with E-state index < -0.39 is 10.0 Å². The molecule has 3 N–H and O–H groups in total. The number of sulfonamides is 1. The van der Waals surface area contributed by atoms with Crippen molar-refractivity contribution in [2.45, 2.75) is 19.2 Å². The van der Waals surface area contributed by atoms with Crippen LogP contribution in [0.25, 0.3) is 0 Å². The van der Waals surface area contributed by atoms with Gasteiger partial charge in [0.25, 0.3) is 0 Å². The van der Waals surface area contributed by atoms with Gasteiger partial charge < -0.3 is 15.2 Å². The fourth-order valence-corrected chi connectivity index (χ4v) is 3.11. The van der Waals surface area contributed by atoms with Crippen LogP contribution in [0.3, 0.4) is 0 Å². The van der Waals surface area contributed by atoms with Crippen molar-refractivity contribution in [1.82, 2.24) is 4.72 Å². The molecular formula is C13H20N2O4S. The molecular weight excluding hydrogens is 280 g/mol. The van der Waals surface area contributed by atoms with Crippen LogP contribution < -0.4 is 10.5 Å². The summed E-state index contributed by atoms with van der Waals surface area (Å²) in [5.74, 6) is -0.0755. The number of ether oxygens (including phenoxy) is 2. The topological polar surface area (TPSA) is 90.7 Å². The number of hydrogen-bond acceptors (Lipinski definition) is 5. The maximum Gasteiger partial charge on any atom is 0.214 e. The van der Waals surface area contributed by atoms with Crippen LogP contribution in [-0.2, 0) is 32.6 Å². The van der Waals surface area contributed by atoms with Crippen LogP contribution in [0.2, 0.25) is 0 Å². The van der Waals surface area contributed by atoms with E-state index in [9.17, 15) is 8.42 Å². The second-order valence-electron chi connectivity index (χ2n) is 4.69. The number of nitrogens with one attached hydrogen (secondary N) is 1. The van der Waals surface area contributed by atoms with Gasteiger partial charge in [-0.25, -0.2) is 13.1 Å². The molecule has 112 valence electrons. The van der Waals surface area contributed by atoms with Crippen LogP contribution in [0.15, 0.2) is 24.3 Å². The van der Waals surface area contributed by atoms with Gasteiger partial charge in [0.2, 0.25) is 10.0 Å². The van der Waals surface area contributed by atoms with Gasteiger partial charge in [-0.05, 0) is 11.1 Å². The molecule has 20 heavy (non-hydrogen) atoms. The Hall–Kier alpha value is -0.990. The first kappa shape index (κ1) is 15.4. The van der Waals surface area contributed by atoms with E-state index in [4.69, 9.17) is 15.2 Å². The van der Waals surface area contributed by atoms with Crippen LogP contribution in [0.5, 0.6) is 0 Å². The largest absolute Gasteiger partial charge is 0.376 e. The average molecular weight is 300 g/mol. The predicted octanol–water partition coefficient (Wildman–Crippen LogP) is -0.0199. The van der Waals surface area contributed by atoms with Crippen LogP contribution >= 0.6 is 0 Å². The lowest BCUT2D eigenvalue weighted by molar-refractivity contribution is -0.0783. The standard InChI is InChI=1S/C13H20N2O4S/c14-7-11-1-3-12(4-2-11)8-15-20(16,17)10-13-9-18-5-6-19-13/h1-4,13,15H,5-10,14H2/t13-/m1/s1. The summed E-state index contributed by atoms with van der Waals surface area (Å²) >= 11 is 0. The predicted molar refractivity (Wildman–Crippen MR) is 75.5 cm³/mol. The van der Waals surface area contributed by atoms with E-state index in [1.807, 2.05) is 24.3 Å². The number of rotatable bonds is 6. The highest BCUT2D eigenvalue weighted by Gasteiger charge is 2.22. The van der Waals surface area contributed by atoms with Crippen molar-refractivity contribution < 1.29 is 17.9 Å². The second kappa shape index (κ2) is 7.14. The van der Waals surface area contributed by atoms with Crippen LogP contribution in [0.4, 0.5) is 0 Å². The monoisotopic (exact) mass is 300 g/mol. The highest BCUT2D eigenvalue weighted by Crippen LogP contribution is 2.06. The smallest absolute Gasteiger partial charge is 0.214 e. The van der Waals surface area contributed by atoms with E-state index in [1.54, 1.807) is 0 Å². The molecule has 0 aromatic heterocycles. The van der Waals surface area contributed by atoms with E-state index in [0.29, 0.717) is 26.4 Å². The van der Waals surface area contributed by atoms with Gasteiger partial charge in [-0.1, -0.05) is 24.3 Å². The molecule has 1 fully saturated rings. The Balaban J connectivity index is 1.84. The van der Waals surface area contributed by atoms with E-state index in [-0.39, 0.29) is 18.4 Å². The molecule has 1 aromatic carbocycles. The summed E-state index contributed by atoms with van der Waals surface area (Å²) in [5, 5.41) is 0. The highest BCUT2D eigenvalue weighted by atomic mass is 32.2. The fourth-order valence-electron chi connectivity index (χ4n) is 1.92. The molecule has 1 heterocycles. The van der Waals surface area contributed by atoms with Gasteiger partial charge in [-0.2, -0.15) is 0 Å². The third-order valence-electron chi connectivity index (χ3n) is 3.05. The van der Waals surface area contributed by atoms with Crippen molar-refractivity contribution >= 4 is 10.0 Å². The Morgan fingerprint density at radius 1 is 1.20 bits per heavy atom. The van der Waals surface area contributed by atoms with Gasteiger partial charge in [0.05, 0.1) is 31.7 Å². The van der Waals surface area contributed by atoms with Crippen molar-refractivity contribution in [2.24, 2.45) is 5.73 Å². The molecule has 2 rings (SSSR count). The molecule has 1 aliphatic rings. The van der Waals surface area contributed by atoms with Crippen molar-refractivity contribution in [3.05, 3.63) is 35.4 Å². The maximum atomic E-state index is 11.9. The molecule has 0 spiro atoms. The van der Waals surface area contributed by atoms with Gasteiger partial charge >= 0.3 is 0 Å². The van der Waals surface area contributed by atoms with Crippen molar-refractivity contribution in [3.63, 3.8) is 0 Å². The number of benzene rings is 1. The molecule has 1 aliphatic heterocycles. The zero-order valence-corrected chi connectivity index (χ0v) is 12.1. The lowest BCUT2D eigenvalue weighted by Crippen LogP contribution is -2.38. The minimum atomic E-state index is -3.37. The average Bonchev–Trinajstić information content (AvgIpc) is 2.46. The van der Waals surface area contributed by atoms with E-state index in [0.717, 1.165) is 11.1 Å².